The van der Waals surface area contributed by atoms with Crippen molar-refractivity contribution in [3.8, 4) is 0 Å². The van der Waals surface area contributed by atoms with E-state index < -0.39 is 10.0 Å². The number of amides is 2. The van der Waals surface area contributed by atoms with Crippen molar-refractivity contribution in [3.05, 3.63) is 72.3 Å². The number of anilines is 1. The van der Waals surface area contributed by atoms with Crippen molar-refractivity contribution in [2.45, 2.75) is 37.5 Å². The summed E-state index contributed by atoms with van der Waals surface area (Å²) in [5.41, 5.74) is 1.97. The number of sulfonamides is 1. The minimum atomic E-state index is -3.71. The molecule has 0 atom stereocenters. The number of likely N-dealkylation sites (tertiary alicyclic amines) is 1. The van der Waals surface area contributed by atoms with Crippen LogP contribution in [0.1, 0.15) is 42.1 Å². The van der Waals surface area contributed by atoms with Crippen molar-refractivity contribution in [3.63, 3.8) is 0 Å². The van der Waals surface area contributed by atoms with Crippen LogP contribution >= 0.6 is 0 Å². The van der Waals surface area contributed by atoms with Crippen LogP contribution < -0.4 is 10.0 Å². The predicted octanol–water partition coefficient (Wildman–Crippen LogP) is 3.59. The Kier molecular flexibility index (Phi) is 8.27. The SMILES string of the molecule is C=CCNC(=O)C1CCN(C(=O)c2ccc(NS(=O)(=O)c3ccc(CCC)cc3)cc2)CC1. The number of nitrogens with one attached hydrogen (secondary N) is 2. The summed E-state index contributed by atoms with van der Waals surface area (Å²) >= 11 is 0. The van der Waals surface area contributed by atoms with Crippen LogP contribution in [0.3, 0.4) is 0 Å². The molecule has 0 aromatic heterocycles. The first-order valence-electron chi connectivity index (χ1n) is 11.2. The zero-order chi connectivity index (χ0) is 23.8. The van der Waals surface area contributed by atoms with Gasteiger partial charge in [0.1, 0.15) is 0 Å². The van der Waals surface area contributed by atoms with E-state index in [2.05, 4.69) is 23.5 Å². The molecule has 2 aromatic rings. The lowest BCUT2D eigenvalue weighted by molar-refractivity contribution is -0.126. The molecule has 1 aliphatic rings. The fraction of sp³-hybridized carbons (Fsp3) is 0.360. The van der Waals surface area contributed by atoms with Crippen LogP contribution in [-0.2, 0) is 21.2 Å². The van der Waals surface area contributed by atoms with Crippen molar-refractivity contribution in [1.82, 2.24) is 10.2 Å². The van der Waals surface area contributed by atoms with Crippen LogP contribution in [0.2, 0.25) is 0 Å². The number of carbonyl (C=O) groups is 2. The Morgan fingerprint density at radius 1 is 1.06 bits per heavy atom. The van der Waals surface area contributed by atoms with Gasteiger partial charge >= 0.3 is 0 Å². The number of aryl methyl sites for hydroxylation is 1. The van der Waals surface area contributed by atoms with Crippen LogP contribution in [0.4, 0.5) is 5.69 Å². The van der Waals surface area contributed by atoms with Crippen molar-refractivity contribution in [2.75, 3.05) is 24.4 Å². The van der Waals surface area contributed by atoms with Gasteiger partial charge in [0.25, 0.3) is 15.9 Å². The van der Waals surface area contributed by atoms with Gasteiger partial charge < -0.3 is 10.2 Å². The third-order valence-electron chi connectivity index (χ3n) is 5.73. The number of carbonyl (C=O) groups excluding carboxylic acids is 2. The molecular weight excluding hydrogens is 438 g/mol. The normalized spacial score (nSPS) is 14.5. The van der Waals surface area contributed by atoms with Gasteiger partial charge in [0.05, 0.1) is 4.90 Å². The lowest BCUT2D eigenvalue weighted by atomic mass is 9.95. The van der Waals surface area contributed by atoms with Gasteiger partial charge in [-0.25, -0.2) is 8.42 Å². The summed E-state index contributed by atoms with van der Waals surface area (Å²) in [6.45, 7) is 7.12. The molecule has 0 spiro atoms. The molecule has 8 heteroatoms. The molecule has 176 valence electrons. The van der Waals surface area contributed by atoms with Gasteiger partial charge in [-0.2, -0.15) is 0 Å². The molecule has 0 bridgehead atoms. The number of rotatable bonds is 9. The molecule has 0 unspecified atom stereocenters. The largest absolute Gasteiger partial charge is 0.352 e. The molecule has 3 rings (SSSR count). The Morgan fingerprint density at radius 3 is 2.27 bits per heavy atom. The van der Waals surface area contributed by atoms with Crippen LogP contribution in [-0.4, -0.2) is 44.8 Å². The van der Waals surface area contributed by atoms with E-state index >= 15 is 0 Å². The highest BCUT2D eigenvalue weighted by Crippen LogP contribution is 2.21. The number of piperidine rings is 1. The molecule has 0 radical (unpaired) electrons. The van der Waals surface area contributed by atoms with Gasteiger partial charge in [0.2, 0.25) is 5.91 Å². The van der Waals surface area contributed by atoms with Gasteiger partial charge in [-0.15, -0.1) is 6.58 Å². The summed E-state index contributed by atoms with van der Waals surface area (Å²) in [5.74, 6) is -0.221. The second kappa shape index (κ2) is 11.1. The van der Waals surface area contributed by atoms with E-state index in [9.17, 15) is 18.0 Å². The van der Waals surface area contributed by atoms with Gasteiger partial charge in [0.15, 0.2) is 0 Å². The van der Waals surface area contributed by atoms with Gasteiger partial charge in [-0.05, 0) is 61.2 Å². The van der Waals surface area contributed by atoms with Crippen molar-refractivity contribution >= 4 is 27.5 Å². The summed E-state index contributed by atoms with van der Waals surface area (Å²) in [7, 11) is -3.71. The monoisotopic (exact) mass is 469 g/mol. The average molecular weight is 470 g/mol. The molecule has 2 amide bonds. The minimum absolute atomic E-state index is 0.00126. The van der Waals surface area contributed by atoms with Crippen LogP contribution in [0, 0.1) is 5.92 Å². The number of hydrogen-bond donors (Lipinski definition) is 2. The Bertz CT molecular complexity index is 1070. The molecule has 0 aliphatic carbocycles. The second-order valence-corrected chi connectivity index (χ2v) is 9.86. The highest BCUT2D eigenvalue weighted by molar-refractivity contribution is 7.92. The first kappa shape index (κ1) is 24.5. The van der Waals surface area contributed by atoms with Gasteiger partial charge in [-0.1, -0.05) is 31.6 Å². The van der Waals surface area contributed by atoms with Crippen molar-refractivity contribution in [1.29, 1.82) is 0 Å². The Morgan fingerprint density at radius 2 is 1.70 bits per heavy atom. The highest BCUT2D eigenvalue weighted by atomic mass is 32.2. The molecular formula is C25H31N3O4S. The van der Waals surface area contributed by atoms with Crippen LogP contribution in [0.25, 0.3) is 0 Å². The number of hydrogen-bond acceptors (Lipinski definition) is 4. The number of nitrogens with zero attached hydrogens (tertiary/aromatic N) is 1. The highest BCUT2D eigenvalue weighted by Gasteiger charge is 2.27. The summed E-state index contributed by atoms with van der Waals surface area (Å²) in [5, 5.41) is 2.81. The lowest BCUT2D eigenvalue weighted by Gasteiger charge is -2.31. The van der Waals surface area contributed by atoms with E-state index in [4.69, 9.17) is 0 Å². The molecule has 1 saturated heterocycles. The summed E-state index contributed by atoms with van der Waals surface area (Å²) in [6.07, 6.45) is 4.78. The molecule has 1 aliphatic heterocycles. The Hall–Kier alpha value is -3.13. The summed E-state index contributed by atoms with van der Waals surface area (Å²) < 4.78 is 27.9. The molecule has 33 heavy (non-hydrogen) atoms. The van der Waals surface area contributed by atoms with E-state index in [1.165, 1.54) is 0 Å². The quantitative estimate of drug-likeness (QED) is 0.549. The van der Waals surface area contributed by atoms with Crippen LogP contribution in [0.5, 0.6) is 0 Å². The van der Waals surface area contributed by atoms with E-state index in [0.29, 0.717) is 43.7 Å². The van der Waals surface area contributed by atoms with Crippen molar-refractivity contribution < 1.29 is 18.0 Å². The maximum atomic E-state index is 12.8. The van der Waals surface area contributed by atoms with Gasteiger partial charge in [-0.3, -0.25) is 14.3 Å². The van der Waals surface area contributed by atoms with Crippen LogP contribution in [0.15, 0.2) is 66.1 Å². The first-order chi connectivity index (χ1) is 15.8. The number of benzene rings is 2. The predicted molar refractivity (Wildman–Crippen MR) is 130 cm³/mol. The zero-order valence-electron chi connectivity index (χ0n) is 18.9. The lowest BCUT2D eigenvalue weighted by Crippen LogP contribution is -2.43. The molecule has 2 N–H and O–H groups in total. The maximum absolute atomic E-state index is 12.8. The third-order valence-corrected chi connectivity index (χ3v) is 7.13. The molecule has 7 nitrogen and oxygen atoms in total. The first-order valence-corrected chi connectivity index (χ1v) is 12.7. The fourth-order valence-electron chi connectivity index (χ4n) is 3.86. The second-order valence-electron chi connectivity index (χ2n) is 8.18. The minimum Gasteiger partial charge on any atom is -0.352 e. The molecule has 1 heterocycles. The Labute approximate surface area is 195 Å². The van der Waals surface area contributed by atoms with Gasteiger partial charge in [0, 0.05) is 36.8 Å². The third kappa shape index (κ3) is 6.44. The topological polar surface area (TPSA) is 95.6 Å². The smallest absolute Gasteiger partial charge is 0.261 e. The molecule has 1 fully saturated rings. The van der Waals surface area contributed by atoms with E-state index in [-0.39, 0.29) is 22.6 Å². The fourth-order valence-corrected chi connectivity index (χ4v) is 4.92. The standard InChI is InChI=1S/C25H31N3O4S/c1-3-5-19-6-12-23(13-7-19)33(31,32)27-22-10-8-21(9-11-22)25(30)28-17-14-20(15-18-28)24(29)26-16-4-2/h4,6-13,20,27H,2-3,5,14-18H2,1H3,(H,26,29). The zero-order valence-corrected chi connectivity index (χ0v) is 19.7. The maximum Gasteiger partial charge on any atom is 0.261 e. The summed E-state index contributed by atoms with van der Waals surface area (Å²) in [6, 6.07) is 13.3. The Balaban J connectivity index is 1.58. The summed E-state index contributed by atoms with van der Waals surface area (Å²) in [4.78, 5) is 26.8. The van der Waals surface area contributed by atoms with E-state index in [1.807, 2.05) is 12.1 Å². The average Bonchev–Trinajstić information content (AvgIpc) is 2.83. The van der Waals surface area contributed by atoms with Crippen molar-refractivity contribution in [2.24, 2.45) is 5.92 Å². The van der Waals surface area contributed by atoms with E-state index in [1.54, 1.807) is 47.4 Å². The molecule has 0 saturated carbocycles. The van der Waals surface area contributed by atoms with E-state index in [0.717, 1.165) is 18.4 Å². The molecule has 2 aromatic carbocycles.